The van der Waals surface area contributed by atoms with Crippen LogP contribution in [0, 0.1) is 0 Å². The second kappa shape index (κ2) is 6.10. The van der Waals surface area contributed by atoms with Gasteiger partial charge in [-0.1, -0.05) is 11.6 Å². The molecule has 0 atom stereocenters. The number of rotatable bonds is 5. The molecule has 6 nitrogen and oxygen atoms in total. The van der Waals surface area contributed by atoms with Gasteiger partial charge in [0.1, 0.15) is 0 Å². The number of methoxy groups -OCH3 is 2. The van der Waals surface area contributed by atoms with Gasteiger partial charge in [-0.15, -0.1) is 0 Å². The number of ether oxygens (including phenoxy) is 2. The lowest BCUT2D eigenvalue weighted by Gasteiger charge is -2.09. The Kier molecular flexibility index (Phi) is 4.77. The highest BCUT2D eigenvalue weighted by Gasteiger charge is 2.22. The van der Waals surface area contributed by atoms with E-state index in [2.05, 4.69) is 0 Å². The van der Waals surface area contributed by atoms with Gasteiger partial charge < -0.3 is 19.7 Å². The zero-order valence-corrected chi connectivity index (χ0v) is 10.9. The van der Waals surface area contributed by atoms with Crippen molar-refractivity contribution in [1.29, 1.82) is 0 Å². The van der Waals surface area contributed by atoms with Crippen LogP contribution in [0.1, 0.15) is 5.56 Å². The average Bonchev–Trinajstić information content (AvgIpc) is 2.36. The van der Waals surface area contributed by atoms with Crippen molar-refractivity contribution in [3.63, 3.8) is 0 Å². The Morgan fingerprint density at radius 2 is 1.58 bits per heavy atom. The van der Waals surface area contributed by atoms with Gasteiger partial charge in [-0.2, -0.15) is 0 Å². The van der Waals surface area contributed by atoms with Crippen molar-refractivity contribution < 1.29 is 29.3 Å². The summed E-state index contributed by atoms with van der Waals surface area (Å²) in [6.07, 6.45) is 0. The van der Waals surface area contributed by atoms with E-state index in [4.69, 9.17) is 31.3 Å². The molecule has 0 unspecified atom stereocenters. The molecule has 0 aromatic heterocycles. The molecular weight excluding hydrogens is 276 g/mol. The number of hydrogen-bond acceptors (Lipinski definition) is 4. The predicted octanol–water partition coefficient (Wildman–Crippen LogP) is 1.82. The minimum absolute atomic E-state index is 0.208. The first kappa shape index (κ1) is 14.8. The Balaban J connectivity index is 3.40. The summed E-state index contributed by atoms with van der Waals surface area (Å²) in [6, 6.07) is 4.33. The fourth-order valence-electron chi connectivity index (χ4n) is 1.40. The summed E-state index contributed by atoms with van der Waals surface area (Å²) in [5, 5.41) is 17.3. The number of aliphatic carboxylic acids is 2. The minimum Gasteiger partial charge on any atom is -0.493 e. The maximum atomic E-state index is 10.9. The monoisotopic (exact) mass is 286 g/mol. The van der Waals surface area contributed by atoms with Crippen LogP contribution in [0.15, 0.2) is 23.8 Å². The highest BCUT2D eigenvalue weighted by atomic mass is 35.5. The summed E-state index contributed by atoms with van der Waals surface area (Å²) in [7, 11) is 2.84. The second-order valence-electron chi connectivity index (χ2n) is 3.37. The van der Waals surface area contributed by atoms with Gasteiger partial charge in [0.25, 0.3) is 0 Å². The van der Waals surface area contributed by atoms with Gasteiger partial charge in [-0.25, -0.2) is 9.59 Å². The van der Waals surface area contributed by atoms with E-state index < -0.39 is 17.5 Å². The van der Waals surface area contributed by atoms with Crippen LogP contribution in [0.2, 0.25) is 0 Å². The van der Waals surface area contributed by atoms with Crippen molar-refractivity contribution in [3.05, 3.63) is 29.3 Å². The molecule has 7 heteroatoms. The lowest BCUT2D eigenvalue weighted by Crippen LogP contribution is -2.12. The summed E-state index contributed by atoms with van der Waals surface area (Å²) < 4.78 is 10.0. The van der Waals surface area contributed by atoms with Crippen molar-refractivity contribution >= 4 is 28.6 Å². The first-order valence-corrected chi connectivity index (χ1v) is 5.39. The molecule has 0 aliphatic rings. The molecule has 2 N–H and O–H groups in total. The van der Waals surface area contributed by atoms with Gasteiger partial charge in [-0.3, -0.25) is 0 Å². The lowest BCUT2D eigenvalue weighted by atomic mass is 10.1. The lowest BCUT2D eigenvalue weighted by molar-refractivity contribution is -0.140. The number of carboxylic acids is 2. The fourth-order valence-corrected chi connectivity index (χ4v) is 1.68. The third-order valence-corrected chi connectivity index (χ3v) is 2.69. The van der Waals surface area contributed by atoms with Crippen molar-refractivity contribution in [3.8, 4) is 11.5 Å². The molecule has 0 heterocycles. The van der Waals surface area contributed by atoms with Crippen LogP contribution in [0.25, 0.3) is 5.03 Å². The molecule has 0 bridgehead atoms. The topological polar surface area (TPSA) is 93.1 Å². The zero-order valence-electron chi connectivity index (χ0n) is 10.1. The Bertz CT molecular complexity index is 533. The zero-order chi connectivity index (χ0) is 14.6. The number of halogens is 1. The van der Waals surface area contributed by atoms with Gasteiger partial charge in [0.15, 0.2) is 17.1 Å². The van der Waals surface area contributed by atoms with Gasteiger partial charge >= 0.3 is 11.9 Å². The number of benzene rings is 1. The van der Waals surface area contributed by atoms with Crippen LogP contribution in [0.5, 0.6) is 11.5 Å². The molecule has 0 aliphatic carbocycles. The van der Waals surface area contributed by atoms with Gasteiger partial charge in [0.2, 0.25) is 0 Å². The Hall–Kier alpha value is -2.21. The summed E-state index contributed by atoms with van der Waals surface area (Å²) >= 11 is 5.81. The highest BCUT2D eigenvalue weighted by molar-refractivity contribution is 6.53. The molecule has 0 saturated heterocycles. The van der Waals surface area contributed by atoms with E-state index in [0.29, 0.717) is 11.5 Å². The van der Waals surface area contributed by atoms with Gasteiger partial charge in [0.05, 0.1) is 19.3 Å². The molecule has 1 aromatic rings. The van der Waals surface area contributed by atoms with Crippen LogP contribution in [0.3, 0.4) is 0 Å². The van der Waals surface area contributed by atoms with E-state index in [1.165, 1.54) is 32.4 Å². The molecular formula is C12H11ClO6. The standard InChI is InChI=1S/C12H11ClO6/c1-18-7-4-3-6(5-8(7)19-2)10(13)9(11(14)15)12(16)17/h3-5H,1-2H3,(H,14,15)(H,16,17). The number of hydrogen-bond donors (Lipinski definition) is 2. The Labute approximate surface area is 113 Å². The SMILES string of the molecule is COc1ccc(C(Cl)=C(C(=O)O)C(=O)O)cc1OC. The van der Waals surface area contributed by atoms with Gasteiger partial charge in [0, 0.05) is 0 Å². The number of carboxylic acid groups (broad SMARTS) is 2. The third-order valence-electron chi connectivity index (χ3n) is 2.28. The predicted molar refractivity (Wildman–Crippen MR) is 67.6 cm³/mol. The molecule has 0 radical (unpaired) electrons. The smallest absolute Gasteiger partial charge is 0.344 e. The summed E-state index contributed by atoms with van der Waals surface area (Å²) in [4.78, 5) is 21.7. The first-order valence-electron chi connectivity index (χ1n) is 5.01. The molecule has 1 aromatic carbocycles. The van der Waals surface area contributed by atoms with E-state index in [1.54, 1.807) is 0 Å². The van der Waals surface area contributed by atoms with E-state index in [9.17, 15) is 9.59 Å². The second-order valence-corrected chi connectivity index (χ2v) is 3.75. The normalized spacial score (nSPS) is 9.63. The van der Waals surface area contributed by atoms with Crippen LogP contribution in [-0.2, 0) is 9.59 Å². The molecule has 0 spiro atoms. The minimum atomic E-state index is -1.62. The maximum absolute atomic E-state index is 10.9. The van der Waals surface area contributed by atoms with Crippen LogP contribution in [-0.4, -0.2) is 36.4 Å². The van der Waals surface area contributed by atoms with E-state index in [-0.39, 0.29) is 10.6 Å². The van der Waals surface area contributed by atoms with E-state index >= 15 is 0 Å². The average molecular weight is 287 g/mol. The summed E-state index contributed by atoms with van der Waals surface area (Å²) in [6.45, 7) is 0. The van der Waals surface area contributed by atoms with Crippen molar-refractivity contribution in [1.82, 2.24) is 0 Å². The first-order chi connectivity index (χ1) is 8.92. The highest BCUT2D eigenvalue weighted by Crippen LogP contribution is 2.33. The molecule has 0 amide bonds. The van der Waals surface area contributed by atoms with Crippen molar-refractivity contribution in [2.24, 2.45) is 0 Å². The van der Waals surface area contributed by atoms with E-state index in [1.807, 2.05) is 0 Å². The third kappa shape index (κ3) is 3.17. The molecule has 1 rings (SSSR count). The molecule has 19 heavy (non-hydrogen) atoms. The molecule has 0 aliphatic heterocycles. The summed E-state index contributed by atoms with van der Waals surface area (Å²) in [5.74, 6) is -2.50. The molecule has 102 valence electrons. The fraction of sp³-hybridized carbons (Fsp3) is 0.167. The van der Waals surface area contributed by atoms with Gasteiger partial charge in [-0.05, 0) is 23.8 Å². The Morgan fingerprint density at radius 1 is 1.05 bits per heavy atom. The number of carbonyl (C=O) groups is 2. The maximum Gasteiger partial charge on any atom is 0.344 e. The van der Waals surface area contributed by atoms with Crippen LogP contribution in [0.4, 0.5) is 0 Å². The van der Waals surface area contributed by atoms with Crippen molar-refractivity contribution in [2.45, 2.75) is 0 Å². The van der Waals surface area contributed by atoms with Crippen LogP contribution >= 0.6 is 11.6 Å². The Morgan fingerprint density at radius 3 is 2.00 bits per heavy atom. The van der Waals surface area contributed by atoms with Crippen LogP contribution < -0.4 is 9.47 Å². The largest absolute Gasteiger partial charge is 0.493 e. The molecule has 0 fully saturated rings. The van der Waals surface area contributed by atoms with E-state index in [0.717, 1.165) is 0 Å². The quantitative estimate of drug-likeness (QED) is 0.487. The summed E-state index contributed by atoms with van der Waals surface area (Å²) in [5.41, 5.74) is -0.701. The molecule has 0 saturated carbocycles. The van der Waals surface area contributed by atoms with Crippen molar-refractivity contribution in [2.75, 3.05) is 14.2 Å².